The van der Waals surface area contributed by atoms with Crippen LogP contribution >= 0.6 is 0 Å². The zero-order chi connectivity index (χ0) is 13.9. The van der Waals surface area contributed by atoms with Gasteiger partial charge in [0.1, 0.15) is 0 Å². The van der Waals surface area contributed by atoms with E-state index >= 15 is 0 Å². The SMILES string of the molecule is CC1CN(Cc2cccc(CNC3CC3)c2)CC(C)O1. The lowest BCUT2D eigenvalue weighted by atomic mass is 10.1. The number of hydrogen-bond donors (Lipinski definition) is 1. The average molecular weight is 274 g/mol. The van der Waals surface area contributed by atoms with Crippen molar-refractivity contribution in [1.29, 1.82) is 0 Å². The molecule has 2 unspecified atom stereocenters. The maximum absolute atomic E-state index is 5.80. The number of morpholine rings is 1. The predicted octanol–water partition coefficient (Wildman–Crippen LogP) is 2.55. The first-order chi connectivity index (χ1) is 9.69. The molecular formula is C17H26N2O. The van der Waals surface area contributed by atoms with Gasteiger partial charge in [-0.15, -0.1) is 0 Å². The minimum Gasteiger partial charge on any atom is -0.373 e. The fourth-order valence-corrected chi connectivity index (χ4v) is 3.06. The molecule has 0 bridgehead atoms. The van der Waals surface area contributed by atoms with Crippen LogP contribution in [-0.4, -0.2) is 36.2 Å². The molecule has 1 aliphatic heterocycles. The van der Waals surface area contributed by atoms with Crippen LogP contribution in [0, 0.1) is 0 Å². The summed E-state index contributed by atoms with van der Waals surface area (Å²) in [6.45, 7) is 8.45. The third kappa shape index (κ3) is 4.05. The molecule has 1 aromatic rings. The monoisotopic (exact) mass is 274 g/mol. The van der Waals surface area contributed by atoms with Gasteiger partial charge in [0.05, 0.1) is 12.2 Å². The highest BCUT2D eigenvalue weighted by atomic mass is 16.5. The summed E-state index contributed by atoms with van der Waals surface area (Å²) in [5.41, 5.74) is 2.82. The highest BCUT2D eigenvalue weighted by Crippen LogP contribution is 2.20. The first kappa shape index (κ1) is 14.1. The van der Waals surface area contributed by atoms with Crippen LogP contribution < -0.4 is 5.32 Å². The quantitative estimate of drug-likeness (QED) is 0.893. The lowest BCUT2D eigenvalue weighted by Crippen LogP contribution is -2.44. The third-order valence-electron chi connectivity index (χ3n) is 4.07. The van der Waals surface area contributed by atoms with Gasteiger partial charge in [-0.1, -0.05) is 24.3 Å². The Bertz CT molecular complexity index is 434. The van der Waals surface area contributed by atoms with Gasteiger partial charge in [-0.05, 0) is 37.8 Å². The molecule has 3 nitrogen and oxygen atoms in total. The van der Waals surface area contributed by atoms with Crippen LogP contribution in [0.4, 0.5) is 0 Å². The van der Waals surface area contributed by atoms with Crippen molar-refractivity contribution in [2.45, 2.75) is 58.0 Å². The van der Waals surface area contributed by atoms with Crippen LogP contribution in [0.5, 0.6) is 0 Å². The Morgan fingerprint density at radius 1 is 1.15 bits per heavy atom. The van der Waals surface area contributed by atoms with Crippen LogP contribution in [0.1, 0.15) is 37.8 Å². The van der Waals surface area contributed by atoms with E-state index in [1.165, 1.54) is 24.0 Å². The molecule has 1 aromatic carbocycles. The van der Waals surface area contributed by atoms with Gasteiger partial charge in [0, 0.05) is 32.2 Å². The van der Waals surface area contributed by atoms with Crippen LogP contribution in [0.3, 0.4) is 0 Å². The topological polar surface area (TPSA) is 24.5 Å². The Morgan fingerprint density at radius 2 is 1.85 bits per heavy atom. The summed E-state index contributed by atoms with van der Waals surface area (Å²) < 4.78 is 5.80. The molecule has 0 radical (unpaired) electrons. The fourth-order valence-electron chi connectivity index (χ4n) is 3.06. The van der Waals surface area contributed by atoms with Crippen LogP contribution in [0.15, 0.2) is 24.3 Å². The summed E-state index contributed by atoms with van der Waals surface area (Å²) in [6, 6.07) is 9.78. The van der Waals surface area contributed by atoms with Gasteiger partial charge in [0.25, 0.3) is 0 Å². The maximum Gasteiger partial charge on any atom is 0.0678 e. The molecule has 3 rings (SSSR count). The molecule has 2 atom stereocenters. The zero-order valence-electron chi connectivity index (χ0n) is 12.6. The largest absolute Gasteiger partial charge is 0.373 e. The normalized spacial score (nSPS) is 27.7. The number of ether oxygens (including phenoxy) is 1. The van der Waals surface area contributed by atoms with Gasteiger partial charge in [-0.2, -0.15) is 0 Å². The van der Waals surface area contributed by atoms with Crippen LogP contribution in [-0.2, 0) is 17.8 Å². The van der Waals surface area contributed by atoms with Crippen molar-refractivity contribution in [1.82, 2.24) is 10.2 Å². The Kier molecular flexibility index (Phi) is 4.39. The highest BCUT2D eigenvalue weighted by Gasteiger charge is 2.22. The van der Waals surface area contributed by atoms with Crippen molar-refractivity contribution in [2.24, 2.45) is 0 Å². The number of nitrogens with zero attached hydrogens (tertiary/aromatic N) is 1. The van der Waals surface area contributed by atoms with Crippen molar-refractivity contribution in [2.75, 3.05) is 13.1 Å². The number of nitrogens with one attached hydrogen (secondary N) is 1. The van der Waals surface area contributed by atoms with E-state index in [0.29, 0.717) is 12.2 Å². The molecule has 1 saturated carbocycles. The van der Waals surface area contributed by atoms with Gasteiger partial charge in [0.2, 0.25) is 0 Å². The number of rotatable bonds is 5. The van der Waals surface area contributed by atoms with Crippen LogP contribution in [0.25, 0.3) is 0 Å². The van der Waals surface area contributed by atoms with Crippen LogP contribution in [0.2, 0.25) is 0 Å². The third-order valence-corrected chi connectivity index (χ3v) is 4.07. The lowest BCUT2D eigenvalue weighted by molar-refractivity contribution is -0.0704. The van der Waals surface area contributed by atoms with E-state index in [9.17, 15) is 0 Å². The number of hydrogen-bond acceptors (Lipinski definition) is 3. The molecule has 2 aliphatic rings. The maximum atomic E-state index is 5.80. The summed E-state index contributed by atoms with van der Waals surface area (Å²) in [5, 5.41) is 3.58. The summed E-state index contributed by atoms with van der Waals surface area (Å²) in [4.78, 5) is 2.51. The molecule has 1 N–H and O–H groups in total. The molecule has 2 fully saturated rings. The number of benzene rings is 1. The van der Waals surface area contributed by atoms with Gasteiger partial charge in [-0.25, -0.2) is 0 Å². The second-order valence-electron chi connectivity index (χ2n) is 6.43. The second kappa shape index (κ2) is 6.25. The van der Waals surface area contributed by atoms with Crippen molar-refractivity contribution >= 4 is 0 Å². The standard InChI is InChI=1S/C17H26N2O/c1-13-10-19(11-14(2)20-13)12-16-5-3-4-15(8-16)9-18-17-6-7-17/h3-5,8,13-14,17-18H,6-7,9-12H2,1-2H3. The van der Waals surface area contributed by atoms with E-state index in [0.717, 1.165) is 32.2 Å². The second-order valence-corrected chi connectivity index (χ2v) is 6.43. The molecule has 20 heavy (non-hydrogen) atoms. The molecule has 0 aromatic heterocycles. The molecule has 0 spiro atoms. The fraction of sp³-hybridized carbons (Fsp3) is 0.647. The molecule has 1 heterocycles. The molecule has 110 valence electrons. The molecule has 1 aliphatic carbocycles. The Hall–Kier alpha value is -0.900. The summed E-state index contributed by atoms with van der Waals surface area (Å²) >= 11 is 0. The Labute approximate surface area is 122 Å². The lowest BCUT2D eigenvalue weighted by Gasteiger charge is -2.35. The van der Waals surface area contributed by atoms with Gasteiger partial charge in [-0.3, -0.25) is 4.90 Å². The van der Waals surface area contributed by atoms with Crippen molar-refractivity contribution < 1.29 is 4.74 Å². The Balaban J connectivity index is 1.57. The van der Waals surface area contributed by atoms with E-state index in [2.05, 4.69) is 48.3 Å². The molecule has 1 saturated heterocycles. The van der Waals surface area contributed by atoms with Gasteiger partial charge < -0.3 is 10.1 Å². The zero-order valence-corrected chi connectivity index (χ0v) is 12.6. The molecular weight excluding hydrogens is 248 g/mol. The molecule has 0 amide bonds. The van der Waals surface area contributed by atoms with Crippen molar-refractivity contribution in [3.8, 4) is 0 Å². The molecule has 3 heteroatoms. The highest BCUT2D eigenvalue weighted by molar-refractivity contribution is 5.23. The Morgan fingerprint density at radius 3 is 2.55 bits per heavy atom. The van der Waals surface area contributed by atoms with E-state index in [1.807, 2.05) is 0 Å². The summed E-state index contributed by atoms with van der Waals surface area (Å²) in [6.07, 6.45) is 3.39. The smallest absolute Gasteiger partial charge is 0.0678 e. The van der Waals surface area contributed by atoms with E-state index < -0.39 is 0 Å². The van der Waals surface area contributed by atoms with E-state index in [-0.39, 0.29) is 0 Å². The van der Waals surface area contributed by atoms with Gasteiger partial charge >= 0.3 is 0 Å². The first-order valence-corrected chi connectivity index (χ1v) is 7.88. The van der Waals surface area contributed by atoms with Crippen molar-refractivity contribution in [3.63, 3.8) is 0 Å². The van der Waals surface area contributed by atoms with E-state index in [4.69, 9.17) is 4.74 Å². The predicted molar refractivity (Wildman–Crippen MR) is 81.6 cm³/mol. The summed E-state index contributed by atoms with van der Waals surface area (Å²) in [7, 11) is 0. The minimum atomic E-state index is 0.346. The van der Waals surface area contributed by atoms with E-state index in [1.54, 1.807) is 0 Å². The first-order valence-electron chi connectivity index (χ1n) is 7.88. The van der Waals surface area contributed by atoms with Crippen molar-refractivity contribution in [3.05, 3.63) is 35.4 Å². The summed E-state index contributed by atoms with van der Waals surface area (Å²) in [5.74, 6) is 0. The average Bonchev–Trinajstić information content (AvgIpc) is 3.19. The van der Waals surface area contributed by atoms with Gasteiger partial charge in [0.15, 0.2) is 0 Å². The minimum absolute atomic E-state index is 0.346.